The Balaban J connectivity index is 0.000000375. The van der Waals surface area contributed by atoms with Crippen LogP contribution in [-0.4, -0.2) is 47.4 Å². The number of ether oxygens (including phenoxy) is 1. The van der Waals surface area contributed by atoms with Gasteiger partial charge in [0, 0.05) is 29.7 Å². The predicted octanol–water partition coefficient (Wildman–Crippen LogP) is 6.69. The molecule has 10 nitrogen and oxygen atoms in total. The van der Waals surface area contributed by atoms with Gasteiger partial charge in [-0.1, -0.05) is 13.8 Å². The largest absolute Gasteiger partial charge is 0.383 e. The molecule has 206 valence electrons. The van der Waals surface area contributed by atoms with Gasteiger partial charge in [0.05, 0.1) is 28.2 Å². The summed E-state index contributed by atoms with van der Waals surface area (Å²) in [6.07, 6.45) is 1.47. The lowest BCUT2D eigenvalue weighted by Gasteiger charge is -2.29. The van der Waals surface area contributed by atoms with Crippen LogP contribution in [0.3, 0.4) is 0 Å². The fraction of sp³-hybridized carbons (Fsp3) is 0.560. The van der Waals surface area contributed by atoms with Crippen LogP contribution in [0, 0.1) is 47.9 Å². The standard InChI is InChI=1S/C13H19N3O4.C12H18ClNO2S/c1-5-10(6-2)14-12-11(15(17)18)7-8(3)9(4)13(12)16(19)20;1-8-7-17-10(3)12(8)14(11(15)5-13)9(2)6-16-4/h7,10,14H,5-6H2,1-4H3;7,9H,5-6H2,1-4H3. The molecule has 1 heterocycles. The minimum Gasteiger partial charge on any atom is -0.383 e. The number of hydrogen-bond donors (Lipinski definition) is 1. The molecule has 0 bridgehead atoms. The summed E-state index contributed by atoms with van der Waals surface area (Å²) in [7, 11) is 1.63. The molecule has 12 heteroatoms. The van der Waals surface area contributed by atoms with Gasteiger partial charge in [-0.2, -0.15) is 0 Å². The molecular formula is C25H37ClN4O6S. The quantitative estimate of drug-likeness (QED) is 0.185. The maximum atomic E-state index is 12.0. The number of halogens is 1. The van der Waals surface area contributed by atoms with E-state index in [1.54, 1.807) is 37.2 Å². The molecule has 2 aromatic rings. The minimum absolute atomic E-state index is 0.0109. The highest BCUT2D eigenvalue weighted by Gasteiger charge is 2.30. The molecule has 0 fully saturated rings. The summed E-state index contributed by atoms with van der Waals surface area (Å²) in [4.78, 5) is 36.1. The van der Waals surface area contributed by atoms with Crippen LogP contribution in [0.5, 0.6) is 0 Å². The van der Waals surface area contributed by atoms with Gasteiger partial charge < -0.3 is 15.0 Å². The molecule has 0 saturated heterocycles. The zero-order valence-corrected chi connectivity index (χ0v) is 24.3. The van der Waals surface area contributed by atoms with E-state index in [4.69, 9.17) is 16.3 Å². The van der Waals surface area contributed by atoms with E-state index in [0.717, 1.165) is 29.0 Å². The molecule has 1 amide bonds. The van der Waals surface area contributed by atoms with Crippen molar-refractivity contribution in [3.63, 3.8) is 0 Å². The first-order chi connectivity index (χ1) is 17.4. The number of benzene rings is 1. The van der Waals surface area contributed by atoms with Crippen LogP contribution >= 0.6 is 22.9 Å². The molecular weight excluding hydrogens is 520 g/mol. The molecule has 1 atom stereocenters. The van der Waals surface area contributed by atoms with E-state index in [0.29, 0.717) is 17.7 Å². The van der Waals surface area contributed by atoms with E-state index in [-0.39, 0.29) is 40.9 Å². The maximum absolute atomic E-state index is 12.0. The number of methoxy groups -OCH3 is 1. The average Bonchev–Trinajstić information content (AvgIpc) is 3.17. The van der Waals surface area contributed by atoms with Crippen molar-refractivity contribution in [3.05, 3.63) is 53.2 Å². The number of nitro benzene ring substituents is 2. The summed E-state index contributed by atoms with van der Waals surface area (Å²) < 4.78 is 5.12. The fourth-order valence-electron chi connectivity index (χ4n) is 3.99. The van der Waals surface area contributed by atoms with Gasteiger partial charge in [-0.15, -0.1) is 22.9 Å². The second kappa shape index (κ2) is 14.8. The Morgan fingerprint density at radius 3 is 2.14 bits per heavy atom. The first-order valence-electron chi connectivity index (χ1n) is 12.0. The lowest BCUT2D eigenvalue weighted by molar-refractivity contribution is -0.392. The number of rotatable bonds is 11. The van der Waals surface area contributed by atoms with E-state index in [1.807, 2.05) is 34.6 Å². The van der Waals surface area contributed by atoms with Crippen molar-refractivity contribution in [2.24, 2.45) is 0 Å². The smallest absolute Gasteiger partial charge is 0.302 e. The van der Waals surface area contributed by atoms with Gasteiger partial charge >= 0.3 is 5.69 Å². The molecule has 37 heavy (non-hydrogen) atoms. The molecule has 0 spiro atoms. The Kier molecular flexibility index (Phi) is 12.9. The van der Waals surface area contributed by atoms with Crippen LogP contribution in [0.25, 0.3) is 0 Å². The molecule has 1 aromatic carbocycles. The summed E-state index contributed by atoms with van der Waals surface area (Å²) in [5.41, 5.74) is 2.64. The zero-order chi connectivity index (χ0) is 28.4. The highest BCUT2D eigenvalue weighted by Crippen LogP contribution is 2.39. The predicted molar refractivity (Wildman–Crippen MR) is 151 cm³/mol. The molecule has 0 saturated carbocycles. The van der Waals surface area contributed by atoms with Gasteiger partial charge in [-0.05, 0) is 64.0 Å². The summed E-state index contributed by atoms with van der Waals surface area (Å²) in [5, 5.41) is 27.4. The highest BCUT2D eigenvalue weighted by molar-refractivity contribution is 7.10. The number of nitro groups is 2. The van der Waals surface area contributed by atoms with Crippen molar-refractivity contribution in [2.45, 2.75) is 73.4 Å². The molecule has 0 aliphatic rings. The Hall–Kier alpha value is -2.76. The van der Waals surface area contributed by atoms with E-state index in [9.17, 15) is 25.0 Å². The van der Waals surface area contributed by atoms with Crippen molar-refractivity contribution >= 4 is 51.6 Å². The van der Waals surface area contributed by atoms with E-state index < -0.39 is 9.85 Å². The number of aryl methyl sites for hydroxylation is 3. The third kappa shape index (κ3) is 8.11. The lowest BCUT2D eigenvalue weighted by atomic mass is 10.0. The Bertz CT molecular complexity index is 1080. The third-order valence-corrected chi connectivity index (χ3v) is 7.35. The number of hydrogen-bond acceptors (Lipinski definition) is 8. The molecule has 2 rings (SSSR count). The zero-order valence-electron chi connectivity index (χ0n) is 22.7. The highest BCUT2D eigenvalue weighted by atomic mass is 35.5. The van der Waals surface area contributed by atoms with Crippen LogP contribution in [0.4, 0.5) is 22.7 Å². The van der Waals surface area contributed by atoms with Crippen molar-refractivity contribution in [2.75, 3.05) is 29.8 Å². The number of nitrogens with one attached hydrogen (secondary N) is 1. The van der Waals surface area contributed by atoms with Crippen LogP contribution in [-0.2, 0) is 9.53 Å². The number of alkyl halides is 1. The van der Waals surface area contributed by atoms with Crippen molar-refractivity contribution in [1.29, 1.82) is 0 Å². The van der Waals surface area contributed by atoms with Gasteiger partial charge in [0.2, 0.25) is 5.91 Å². The molecule has 0 radical (unpaired) electrons. The Morgan fingerprint density at radius 2 is 1.73 bits per heavy atom. The second-order valence-electron chi connectivity index (χ2n) is 8.76. The molecule has 0 aliphatic heterocycles. The summed E-state index contributed by atoms with van der Waals surface area (Å²) in [5.74, 6) is -0.0937. The molecule has 0 aliphatic carbocycles. The number of amides is 1. The summed E-state index contributed by atoms with van der Waals surface area (Å²) in [6, 6.07) is 1.33. The lowest BCUT2D eigenvalue weighted by Crippen LogP contribution is -2.42. The number of thiophene rings is 1. The van der Waals surface area contributed by atoms with Crippen molar-refractivity contribution in [3.8, 4) is 0 Å². The number of anilines is 2. The normalized spacial score (nSPS) is 11.5. The van der Waals surface area contributed by atoms with E-state index in [2.05, 4.69) is 10.7 Å². The molecule has 1 N–H and O–H groups in total. The SMILES string of the molecule is CCC(CC)Nc1c([N+](=O)[O-])cc(C)c(C)c1[N+](=O)[O-].COCC(C)N(C(=O)CCl)c1c(C)csc1C. The Labute approximate surface area is 227 Å². The first kappa shape index (κ1) is 32.3. The topological polar surface area (TPSA) is 128 Å². The monoisotopic (exact) mass is 556 g/mol. The van der Waals surface area contributed by atoms with Crippen LogP contribution in [0.2, 0.25) is 0 Å². The van der Waals surface area contributed by atoms with E-state index >= 15 is 0 Å². The van der Waals surface area contributed by atoms with Crippen molar-refractivity contribution in [1.82, 2.24) is 0 Å². The van der Waals surface area contributed by atoms with Crippen molar-refractivity contribution < 1.29 is 19.4 Å². The van der Waals surface area contributed by atoms with Crippen LogP contribution in [0.1, 0.15) is 55.2 Å². The third-order valence-electron chi connectivity index (χ3n) is 6.10. The van der Waals surface area contributed by atoms with Gasteiger partial charge in [-0.25, -0.2) is 0 Å². The fourth-order valence-corrected chi connectivity index (χ4v) is 4.95. The molecule has 1 unspecified atom stereocenters. The van der Waals surface area contributed by atoms with Crippen LogP contribution in [0.15, 0.2) is 11.4 Å². The first-order valence-corrected chi connectivity index (χ1v) is 13.4. The minimum atomic E-state index is -0.579. The number of carbonyl (C=O) groups excluding carboxylic acids is 1. The maximum Gasteiger partial charge on any atom is 0.302 e. The van der Waals surface area contributed by atoms with Gasteiger partial charge in [-0.3, -0.25) is 25.0 Å². The Morgan fingerprint density at radius 1 is 1.14 bits per heavy atom. The number of carbonyl (C=O) groups is 1. The summed E-state index contributed by atoms with van der Waals surface area (Å²) in [6.45, 7) is 13.6. The average molecular weight is 557 g/mol. The number of nitrogens with zero attached hydrogens (tertiary/aromatic N) is 3. The summed E-state index contributed by atoms with van der Waals surface area (Å²) >= 11 is 7.33. The molecule has 1 aromatic heterocycles. The van der Waals surface area contributed by atoms with E-state index in [1.165, 1.54) is 6.07 Å². The van der Waals surface area contributed by atoms with Gasteiger partial charge in [0.1, 0.15) is 5.88 Å². The van der Waals surface area contributed by atoms with Gasteiger partial charge in [0.15, 0.2) is 5.69 Å². The second-order valence-corrected chi connectivity index (χ2v) is 10.1. The van der Waals surface area contributed by atoms with Gasteiger partial charge in [0.25, 0.3) is 5.69 Å². The van der Waals surface area contributed by atoms with Crippen LogP contribution < -0.4 is 10.2 Å².